The van der Waals surface area contributed by atoms with Gasteiger partial charge in [0.05, 0.1) is 0 Å². The van der Waals surface area contributed by atoms with Crippen LogP contribution in [-0.2, 0) is 0 Å². The second-order valence-corrected chi connectivity index (χ2v) is 5.99. The quantitative estimate of drug-likeness (QED) is 0.537. The maximum absolute atomic E-state index is 13.1. The third kappa shape index (κ3) is 2.16. The maximum atomic E-state index is 13.1. The lowest BCUT2D eigenvalue weighted by atomic mass is 10.0. The van der Waals surface area contributed by atoms with E-state index in [0.717, 1.165) is 5.56 Å². The number of hydrogen-bond acceptors (Lipinski definition) is 1. The molecule has 0 amide bonds. The summed E-state index contributed by atoms with van der Waals surface area (Å²) in [5.41, 5.74) is 3.52. The van der Waals surface area contributed by atoms with Crippen LogP contribution in [0.2, 0.25) is 0 Å². The van der Waals surface area contributed by atoms with E-state index >= 15 is 0 Å². The Morgan fingerprint density at radius 1 is 1.05 bits per heavy atom. The van der Waals surface area contributed by atoms with E-state index in [0.29, 0.717) is 0 Å². The highest BCUT2D eigenvalue weighted by Gasteiger charge is 2.11. The molecular weight excluding hydrogens is 267 g/mol. The number of hydrogen-bond donors (Lipinski definition) is 0. The van der Waals surface area contributed by atoms with Gasteiger partial charge in [-0.2, -0.15) is 0 Å². The van der Waals surface area contributed by atoms with Crippen LogP contribution in [0.1, 0.15) is 17.4 Å². The fourth-order valence-corrected chi connectivity index (χ4v) is 3.67. The molecule has 3 aromatic rings. The number of thiophene rings is 1. The van der Waals surface area contributed by atoms with Gasteiger partial charge in [0.2, 0.25) is 0 Å². The first-order valence-electron chi connectivity index (χ1n) is 6.61. The smallest absolute Gasteiger partial charge is 0.123 e. The van der Waals surface area contributed by atoms with Crippen LogP contribution >= 0.6 is 11.3 Å². The van der Waals surface area contributed by atoms with Crippen molar-refractivity contribution in [2.45, 2.75) is 13.8 Å². The highest BCUT2D eigenvalue weighted by Crippen LogP contribution is 2.38. The van der Waals surface area contributed by atoms with Gasteiger partial charge in [0.15, 0.2) is 0 Å². The van der Waals surface area contributed by atoms with Gasteiger partial charge in [0.25, 0.3) is 0 Å². The minimum absolute atomic E-state index is 0.196. The van der Waals surface area contributed by atoms with Crippen molar-refractivity contribution in [2.75, 3.05) is 0 Å². The first-order chi connectivity index (χ1) is 9.70. The van der Waals surface area contributed by atoms with Crippen LogP contribution in [0.3, 0.4) is 0 Å². The van der Waals surface area contributed by atoms with Gasteiger partial charge in [0, 0.05) is 15.0 Å². The summed E-state index contributed by atoms with van der Waals surface area (Å²) in [6.07, 6.45) is 4.22. The zero-order valence-corrected chi connectivity index (χ0v) is 12.3. The van der Waals surface area contributed by atoms with Gasteiger partial charge in [-0.15, -0.1) is 11.3 Å². The van der Waals surface area contributed by atoms with Gasteiger partial charge in [-0.3, -0.25) is 0 Å². The minimum Gasteiger partial charge on any atom is -0.207 e. The monoisotopic (exact) mass is 282 g/mol. The molecular formula is C18H15FS. The van der Waals surface area contributed by atoms with Crippen molar-refractivity contribution in [3.05, 3.63) is 64.8 Å². The molecule has 0 aliphatic carbocycles. The van der Waals surface area contributed by atoms with Crippen molar-refractivity contribution in [1.29, 1.82) is 0 Å². The van der Waals surface area contributed by atoms with Crippen LogP contribution in [0.5, 0.6) is 0 Å². The molecule has 0 radical (unpaired) electrons. The maximum Gasteiger partial charge on any atom is 0.123 e. The molecule has 0 atom stereocenters. The number of rotatable bonds is 2. The van der Waals surface area contributed by atoms with E-state index in [2.05, 4.69) is 37.3 Å². The lowest BCUT2D eigenvalue weighted by Crippen LogP contribution is -1.80. The largest absolute Gasteiger partial charge is 0.207 e. The Balaban J connectivity index is 2.27. The summed E-state index contributed by atoms with van der Waals surface area (Å²) in [6.45, 7) is 4.18. The lowest BCUT2D eigenvalue weighted by Gasteiger charge is -2.03. The van der Waals surface area contributed by atoms with Crippen molar-refractivity contribution in [3.8, 4) is 11.1 Å². The Morgan fingerprint density at radius 3 is 2.50 bits per heavy atom. The molecule has 1 aromatic heterocycles. The van der Waals surface area contributed by atoms with E-state index in [1.54, 1.807) is 11.3 Å². The molecule has 0 bridgehead atoms. The second kappa shape index (κ2) is 5.22. The standard InChI is InChI=1S/C18H15FS/c1-3-5-15-12(2)20-18-16(6-4-7-17(15)18)13-8-10-14(19)11-9-13/h3-11H,1-2H3/b5-3-. The summed E-state index contributed by atoms with van der Waals surface area (Å²) in [6, 6.07) is 13.0. The van der Waals surface area contributed by atoms with Crippen LogP contribution in [0.4, 0.5) is 4.39 Å². The number of benzene rings is 2. The van der Waals surface area contributed by atoms with E-state index < -0.39 is 0 Å². The van der Waals surface area contributed by atoms with Crippen molar-refractivity contribution in [3.63, 3.8) is 0 Å². The molecule has 20 heavy (non-hydrogen) atoms. The molecule has 2 heteroatoms. The van der Waals surface area contributed by atoms with Crippen molar-refractivity contribution in [2.24, 2.45) is 0 Å². The Kier molecular flexibility index (Phi) is 3.41. The van der Waals surface area contributed by atoms with Gasteiger partial charge in [0.1, 0.15) is 5.82 Å². The summed E-state index contributed by atoms with van der Waals surface area (Å²) >= 11 is 1.80. The van der Waals surface area contributed by atoms with Crippen LogP contribution in [-0.4, -0.2) is 0 Å². The summed E-state index contributed by atoms with van der Waals surface area (Å²) in [5.74, 6) is -0.196. The second-order valence-electron chi connectivity index (χ2n) is 4.76. The fourth-order valence-electron chi connectivity index (χ4n) is 2.49. The van der Waals surface area contributed by atoms with Gasteiger partial charge in [-0.1, -0.05) is 42.5 Å². The molecule has 2 aromatic carbocycles. The Labute approximate surface area is 122 Å². The van der Waals surface area contributed by atoms with Gasteiger partial charge in [-0.05, 0) is 42.7 Å². The van der Waals surface area contributed by atoms with Crippen LogP contribution in [0.15, 0.2) is 48.5 Å². The fraction of sp³-hybridized carbons (Fsp3) is 0.111. The summed E-state index contributed by atoms with van der Waals surface area (Å²) in [7, 11) is 0. The summed E-state index contributed by atoms with van der Waals surface area (Å²) in [4.78, 5) is 1.31. The number of halogens is 1. The van der Waals surface area contributed by atoms with Crippen molar-refractivity contribution >= 4 is 27.5 Å². The van der Waals surface area contributed by atoms with E-state index in [-0.39, 0.29) is 5.82 Å². The highest BCUT2D eigenvalue weighted by atomic mass is 32.1. The molecule has 0 saturated carbocycles. The average Bonchev–Trinajstić information content (AvgIpc) is 2.77. The van der Waals surface area contributed by atoms with E-state index in [4.69, 9.17) is 0 Å². The first kappa shape index (κ1) is 13.1. The predicted molar refractivity (Wildman–Crippen MR) is 86.7 cm³/mol. The van der Waals surface area contributed by atoms with Gasteiger partial charge in [-0.25, -0.2) is 4.39 Å². The zero-order chi connectivity index (χ0) is 14.1. The Morgan fingerprint density at radius 2 is 1.80 bits per heavy atom. The molecule has 3 rings (SSSR count). The first-order valence-corrected chi connectivity index (χ1v) is 7.43. The van der Waals surface area contributed by atoms with Crippen LogP contribution in [0.25, 0.3) is 27.3 Å². The lowest BCUT2D eigenvalue weighted by molar-refractivity contribution is 0.628. The molecule has 0 unspecified atom stereocenters. The molecule has 100 valence electrons. The molecule has 0 N–H and O–H groups in total. The van der Waals surface area contributed by atoms with Crippen molar-refractivity contribution in [1.82, 2.24) is 0 Å². The van der Waals surface area contributed by atoms with E-state index in [9.17, 15) is 4.39 Å². The molecule has 0 aliphatic rings. The molecule has 0 aliphatic heterocycles. The third-order valence-electron chi connectivity index (χ3n) is 3.43. The number of allylic oxidation sites excluding steroid dienone is 1. The average molecular weight is 282 g/mol. The van der Waals surface area contributed by atoms with Crippen LogP contribution in [0, 0.1) is 12.7 Å². The molecule has 0 spiro atoms. The predicted octanol–water partition coefficient (Wildman–Crippen LogP) is 6.05. The third-order valence-corrected chi connectivity index (χ3v) is 4.60. The number of aryl methyl sites for hydroxylation is 1. The van der Waals surface area contributed by atoms with Gasteiger partial charge < -0.3 is 0 Å². The Hall–Kier alpha value is -1.93. The highest BCUT2D eigenvalue weighted by molar-refractivity contribution is 7.20. The Bertz CT molecular complexity index is 779. The van der Waals surface area contributed by atoms with Gasteiger partial charge >= 0.3 is 0 Å². The summed E-state index contributed by atoms with van der Waals surface area (Å²) < 4.78 is 14.3. The SMILES string of the molecule is C/C=C\c1c(C)sc2c(-c3ccc(F)cc3)cccc12. The molecule has 0 fully saturated rings. The number of fused-ring (bicyclic) bond motifs is 1. The summed E-state index contributed by atoms with van der Waals surface area (Å²) in [5, 5.41) is 1.27. The molecule has 0 saturated heterocycles. The molecule has 1 heterocycles. The van der Waals surface area contributed by atoms with Crippen LogP contribution < -0.4 is 0 Å². The van der Waals surface area contributed by atoms with E-state index in [1.807, 2.05) is 19.1 Å². The zero-order valence-electron chi connectivity index (χ0n) is 11.5. The topological polar surface area (TPSA) is 0 Å². The normalized spacial score (nSPS) is 11.6. The minimum atomic E-state index is -0.196. The van der Waals surface area contributed by atoms with E-state index in [1.165, 1.54) is 38.2 Å². The molecule has 0 nitrogen and oxygen atoms in total. The van der Waals surface area contributed by atoms with Crippen molar-refractivity contribution < 1.29 is 4.39 Å².